The molecular formula is C22H21FN2. The Morgan fingerprint density at radius 2 is 1.84 bits per heavy atom. The summed E-state index contributed by atoms with van der Waals surface area (Å²) in [6.07, 6.45) is 1.78. The highest BCUT2D eigenvalue weighted by Crippen LogP contribution is 2.23. The molecule has 3 heteroatoms. The van der Waals surface area contributed by atoms with Crippen LogP contribution in [0, 0.1) is 17.7 Å². The summed E-state index contributed by atoms with van der Waals surface area (Å²) < 4.78 is 13.5. The summed E-state index contributed by atoms with van der Waals surface area (Å²) in [4.78, 5) is 6.76. The van der Waals surface area contributed by atoms with Crippen molar-refractivity contribution < 1.29 is 4.39 Å². The molecule has 3 aromatic rings. The van der Waals surface area contributed by atoms with Crippen LogP contribution in [0.5, 0.6) is 0 Å². The SMILES string of the molecule is CCN(CC)CC#Cc1ccc2ncc(-c3cccc(F)c3)cc2c1. The molecule has 0 unspecified atom stereocenters. The van der Waals surface area contributed by atoms with Crippen LogP contribution in [-0.2, 0) is 0 Å². The van der Waals surface area contributed by atoms with Crippen LogP contribution in [0.4, 0.5) is 4.39 Å². The van der Waals surface area contributed by atoms with Gasteiger partial charge in [0.15, 0.2) is 0 Å². The highest BCUT2D eigenvalue weighted by molar-refractivity contribution is 5.84. The van der Waals surface area contributed by atoms with E-state index in [1.54, 1.807) is 12.3 Å². The standard InChI is InChI=1S/C22H21FN2/c1-3-25(4-2)12-6-7-17-10-11-22-19(13-17)14-20(16-24-22)18-8-5-9-21(23)15-18/h5,8-11,13-16H,3-4,12H2,1-2H3. The Labute approximate surface area is 148 Å². The number of halogens is 1. The van der Waals surface area contributed by atoms with E-state index in [-0.39, 0.29) is 5.82 Å². The summed E-state index contributed by atoms with van der Waals surface area (Å²) in [5, 5.41) is 1.01. The molecule has 0 bridgehead atoms. The van der Waals surface area contributed by atoms with Crippen molar-refractivity contribution >= 4 is 10.9 Å². The number of rotatable bonds is 4. The quantitative estimate of drug-likeness (QED) is 0.642. The molecule has 0 saturated carbocycles. The second-order valence-corrected chi connectivity index (χ2v) is 5.90. The van der Waals surface area contributed by atoms with E-state index in [0.717, 1.165) is 47.2 Å². The summed E-state index contributed by atoms with van der Waals surface area (Å²) in [6, 6.07) is 14.6. The lowest BCUT2D eigenvalue weighted by Crippen LogP contribution is -2.22. The van der Waals surface area contributed by atoms with Gasteiger partial charge in [-0.2, -0.15) is 0 Å². The Hall–Kier alpha value is -2.70. The van der Waals surface area contributed by atoms with Gasteiger partial charge in [0.1, 0.15) is 5.82 Å². The molecule has 2 aromatic carbocycles. The van der Waals surface area contributed by atoms with Crippen LogP contribution in [0.1, 0.15) is 19.4 Å². The Balaban J connectivity index is 1.90. The predicted octanol–water partition coefficient (Wildman–Crippen LogP) is 4.73. The molecule has 0 spiro atoms. The van der Waals surface area contributed by atoms with Gasteiger partial charge in [-0.15, -0.1) is 0 Å². The topological polar surface area (TPSA) is 16.1 Å². The molecule has 126 valence electrons. The summed E-state index contributed by atoms with van der Waals surface area (Å²) in [5.41, 5.74) is 3.61. The first-order valence-corrected chi connectivity index (χ1v) is 8.56. The van der Waals surface area contributed by atoms with Gasteiger partial charge in [-0.25, -0.2) is 4.39 Å². The van der Waals surface area contributed by atoms with E-state index in [1.807, 2.05) is 30.3 Å². The fraction of sp³-hybridized carbons (Fsp3) is 0.227. The molecule has 25 heavy (non-hydrogen) atoms. The van der Waals surface area contributed by atoms with Crippen molar-refractivity contribution in [3.05, 3.63) is 66.1 Å². The zero-order valence-electron chi connectivity index (χ0n) is 14.6. The molecule has 2 nitrogen and oxygen atoms in total. The van der Waals surface area contributed by atoms with E-state index < -0.39 is 0 Å². The number of nitrogens with zero attached hydrogens (tertiary/aromatic N) is 2. The van der Waals surface area contributed by atoms with Crippen LogP contribution in [0.2, 0.25) is 0 Å². The third kappa shape index (κ3) is 4.23. The molecule has 0 N–H and O–H groups in total. The lowest BCUT2D eigenvalue weighted by Gasteiger charge is -2.13. The van der Waals surface area contributed by atoms with Crippen molar-refractivity contribution in [3.8, 4) is 23.0 Å². The minimum atomic E-state index is -0.242. The van der Waals surface area contributed by atoms with Gasteiger partial charge < -0.3 is 0 Å². The number of benzene rings is 2. The van der Waals surface area contributed by atoms with Crippen molar-refractivity contribution in [2.75, 3.05) is 19.6 Å². The number of hydrogen-bond acceptors (Lipinski definition) is 2. The van der Waals surface area contributed by atoms with Gasteiger partial charge in [-0.1, -0.05) is 37.8 Å². The van der Waals surface area contributed by atoms with Gasteiger partial charge in [0.25, 0.3) is 0 Å². The minimum Gasteiger partial charge on any atom is -0.293 e. The fourth-order valence-corrected chi connectivity index (χ4v) is 2.74. The summed E-state index contributed by atoms with van der Waals surface area (Å²) in [6.45, 7) is 7.06. The van der Waals surface area contributed by atoms with Crippen LogP contribution in [0.3, 0.4) is 0 Å². The Morgan fingerprint density at radius 1 is 1.00 bits per heavy atom. The van der Waals surface area contributed by atoms with E-state index in [1.165, 1.54) is 12.1 Å². The molecular weight excluding hydrogens is 311 g/mol. The average Bonchev–Trinajstić information content (AvgIpc) is 2.64. The van der Waals surface area contributed by atoms with Gasteiger partial charge in [-0.3, -0.25) is 9.88 Å². The first-order valence-electron chi connectivity index (χ1n) is 8.56. The maximum Gasteiger partial charge on any atom is 0.123 e. The maximum atomic E-state index is 13.5. The lowest BCUT2D eigenvalue weighted by atomic mass is 10.0. The number of aromatic nitrogens is 1. The number of pyridine rings is 1. The Bertz CT molecular complexity index is 933. The van der Waals surface area contributed by atoms with Crippen molar-refractivity contribution in [2.45, 2.75) is 13.8 Å². The van der Waals surface area contributed by atoms with E-state index in [2.05, 4.69) is 35.6 Å². The number of fused-ring (bicyclic) bond motifs is 1. The third-order valence-electron chi connectivity index (χ3n) is 4.27. The van der Waals surface area contributed by atoms with Crippen LogP contribution in [0.15, 0.2) is 54.7 Å². The summed E-state index contributed by atoms with van der Waals surface area (Å²) in [5.74, 6) is 6.21. The highest BCUT2D eigenvalue weighted by Gasteiger charge is 2.03. The molecule has 0 amide bonds. The molecule has 1 aromatic heterocycles. The average molecular weight is 332 g/mol. The van der Waals surface area contributed by atoms with Crippen LogP contribution in [-0.4, -0.2) is 29.5 Å². The minimum absolute atomic E-state index is 0.242. The van der Waals surface area contributed by atoms with Crippen molar-refractivity contribution in [1.82, 2.24) is 9.88 Å². The van der Waals surface area contributed by atoms with Crippen molar-refractivity contribution in [1.29, 1.82) is 0 Å². The molecule has 0 aliphatic rings. The zero-order valence-corrected chi connectivity index (χ0v) is 14.6. The second-order valence-electron chi connectivity index (χ2n) is 5.90. The zero-order chi connectivity index (χ0) is 17.6. The molecule has 1 heterocycles. The summed E-state index contributed by atoms with van der Waals surface area (Å²) in [7, 11) is 0. The molecule has 0 aliphatic heterocycles. The number of hydrogen-bond donors (Lipinski definition) is 0. The first kappa shape index (κ1) is 17.1. The maximum absolute atomic E-state index is 13.5. The largest absolute Gasteiger partial charge is 0.293 e. The van der Waals surface area contributed by atoms with E-state index in [9.17, 15) is 4.39 Å². The third-order valence-corrected chi connectivity index (χ3v) is 4.27. The van der Waals surface area contributed by atoms with Crippen molar-refractivity contribution in [3.63, 3.8) is 0 Å². The monoisotopic (exact) mass is 332 g/mol. The van der Waals surface area contributed by atoms with Gasteiger partial charge in [0, 0.05) is 22.7 Å². The molecule has 0 radical (unpaired) electrons. The first-order chi connectivity index (χ1) is 12.2. The van der Waals surface area contributed by atoms with E-state index in [0.29, 0.717) is 0 Å². The van der Waals surface area contributed by atoms with Crippen LogP contribution >= 0.6 is 0 Å². The molecule has 0 saturated heterocycles. The molecule has 0 atom stereocenters. The van der Waals surface area contributed by atoms with E-state index in [4.69, 9.17) is 0 Å². The van der Waals surface area contributed by atoms with Crippen LogP contribution < -0.4 is 0 Å². The van der Waals surface area contributed by atoms with Gasteiger partial charge in [0.05, 0.1) is 12.1 Å². The second kappa shape index (κ2) is 7.92. The Morgan fingerprint density at radius 3 is 2.60 bits per heavy atom. The highest BCUT2D eigenvalue weighted by atomic mass is 19.1. The van der Waals surface area contributed by atoms with Gasteiger partial charge in [-0.05, 0) is 55.1 Å². The predicted molar refractivity (Wildman–Crippen MR) is 102 cm³/mol. The van der Waals surface area contributed by atoms with E-state index >= 15 is 0 Å². The van der Waals surface area contributed by atoms with Gasteiger partial charge in [0.2, 0.25) is 0 Å². The fourth-order valence-electron chi connectivity index (χ4n) is 2.74. The lowest BCUT2D eigenvalue weighted by molar-refractivity contribution is 0.342. The molecule has 3 rings (SSSR count). The van der Waals surface area contributed by atoms with Crippen LogP contribution in [0.25, 0.3) is 22.0 Å². The van der Waals surface area contributed by atoms with Gasteiger partial charge >= 0.3 is 0 Å². The molecule has 0 aliphatic carbocycles. The normalized spacial score (nSPS) is 10.7. The summed E-state index contributed by atoms with van der Waals surface area (Å²) >= 11 is 0. The smallest absolute Gasteiger partial charge is 0.123 e. The Kier molecular flexibility index (Phi) is 5.42. The molecule has 0 fully saturated rings. The van der Waals surface area contributed by atoms with Crippen molar-refractivity contribution in [2.24, 2.45) is 0 Å².